The van der Waals surface area contributed by atoms with Gasteiger partial charge in [0.25, 0.3) is 0 Å². The Balaban J connectivity index is 2.27. The zero-order valence-electron chi connectivity index (χ0n) is 9.28. The summed E-state index contributed by atoms with van der Waals surface area (Å²) in [5.41, 5.74) is 7.64. The molecule has 0 radical (unpaired) electrons. The van der Waals surface area contributed by atoms with E-state index in [9.17, 15) is 0 Å². The zero-order chi connectivity index (χ0) is 12.4. The molecule has 0 aliphatic carbocycles. The van der Waals surface area contributed by atoms with Crippen molar-refractivity contribution in [3.63, 3.8) is 0 Å². The molecule has 0 aliphatic heterocycles. The minimum atomic E-state index is 0.128. The van der Waals surface area contributed by atoms with Crippen molar-refractivity contribution in [1.29, 1.82) is 0 Å². The average molecular weight is 287 g/mol. The molecule has 1 unspecified atom stereocenters. The molecule has 1 aromatic heterocycles. The maximum Gasteiger partial charge on any atom is 0.0947 e. The number of rotatable bonds is 3. The van der Waals surface area contributed by atoms with E-state index >= 15 is 0 Å². The van der Waals surface area contributed by atoms with Crippen molar-refractivity contribution in [2.45, 2.75) is 19.4 Å². The van der Waals surface area contributed by atoms with Gasteiger partial charge in [0, 0.05) is 23.4 Å². The minimum absolute atomic E-state index is 0.128. The lowest BCUT2D eigenvalue weighted by Gasteiger charge is -2.01. The van der Waals surface area contributed by atoms with Gasteiger partial charge in [-0.05, 0) is 19.1 Å². The van der Waals surface area contributed by atoms with Crippen LogP contribution in [-0.2, 0) is 6.42 Å². The van der Waals surface area contributed by atoms with E-state index in [-0.39, 0.29) is 6.04 Å². The number of thiazole rings is 1. The molecule has 2 N–H and O–H groups in total. The molecule has 2 nitrogen and oxygen atoms in total. The van der Waals surface area contributed by atoms with E-state index < -0.39 is 0 Å². The predicted molar refractivity (Wildman–Crippen MR) is 74.9 cm³/mol. The van der Waals surface area contributed by atoms with Crippen LogP contribution >= 0.6 is 34.5 Å². The van der Waals surface area contributed by atoms with Crippen molar-refractivity contribution >= 4 is 34.5 Å². The Morgan fingerprint density at radius 2 is 2.12 bits per heavy atom. The van der Waals surface area contributed by atoms with Gasteiger partial charge >= 0.3 is 0 Å². The number of hydrogen-bond donors (Lipinski definition) is 1. The van der Waals surface area contributed by atoms with E-state index in [4.69, 9.17) is 28.9 Å². The van der Waals surface area contributed by atoms with Crippen LogP contribution < -0.4 is 5.73 Å². The van der Waals surface area contributed by atoms with Gasteiger partial charge in [0.2, 0.25) is 0 Å². The van der Waals surface area contributed by atoms with Gasteiger partial charge in [-0.2, -0.15) is 0 Å². The molecule has 1 aromatic carbocycles. The van der Waals surface area contributed by atoms with E-state index in [1.54, 1.807) is 17.4 Å². The molecule has 0 spiro atoms. The highest BCUT2D eigenvalue weighted by Crippen LogP contribution is 2.29. The first-order valence-corrected chi connectivity index (χ1v) is 6.85. The predicted octanol–water partition coefficient (Wildman–Crippen LogP) is 4.01. The summed E-state index contributed by atoms with van der Waals surface area (Å²) >= 11 is 13.5. The summed E-state index contributed by atoms with van der Waals surface area (Å²) in [7, 11) is 0. The molecule has 0 bridgehead atoms. The summed E-state index contributed by atoms with van der Waals surface area (Å²) in [5.74, 6) is 0. The fourth-order valence-electron chi connectivity index (χ4n) is 1.47. The summed E-state index contributed by atoms with van der Waals surface area (Å²) < 4.78 is 0. The largest absolute Gasteiger partial charge is 0.328 e. The highest BCUT2D eigenvalue weighted by atomic mass is 35.5. The minimum Gasteiger partial charge on any atom is -0.328 e. The number of hydrogen-bond acceptors (Lipinski definition) is 3. The molecule has 1 atom stereocenters. The molecule has 0 saturated heterocycles. The number of halogens is 2. The van der Waals surface area contributed by atoms with Crippen molar-refractivity contribution in [1.82, 2.24) is 4.98 Å². The van der Waals surface area contributed by atoms with Gasteiger partial charge in [-0.1, -0.05) is 29.3 Å². The first kappa shape index (κ1) is 12.8. The molecule has 90 valence electrons. The SMILES string of the molecule is CC(N)Cc1nc(-c2ccc(Cl)c(Cl)c2)cs1. The Labute approximate surface area is 114 Å². The Morgan fingerprint density at radius 1 is 1.35 bits per heavy atom. The lowest BCUT2D eigenvalue weighted by atomic mass is 10.2. The van der Waals surface area contributed by atoms with Crippen molar-refractivity contribution in [3.8, 4) is 11.3 Å². The van der Waals surface area contributed by atoms with Gasteiger partial charge in [-0.25, -0.2) is 4.98 Å². The molecule has 0 aliphatic rings. The van der Waals surface area contributed by atoms with Crippen LogP contribution in [0.5, 0.6) is 0 Å². The molecule has 5 heteroatoms. The maximum absolute atomic E-state index is 5.98. The number of nitrogens with zero attached hydrogens (tertiary/aromatic N) is 1. The van der Waals surface area contributed by atoms with Crippen molar-refractivity contribution in [3.05, 3.63) is 38.6 Å². The van der Waals surface area contributed by atoms with Crippen LogP contribution in [0.4, 0.5) is 0 Å². The average Bonchev–Trinajstić information content (AvgIpc) is 2.69. The van der Waals surface area contributed by atoms with Crippen LogP contribution in [0.1, 0.15) is 11.9 Å². The summed E-state index contributed by atoms with van der Waals surface area (Å²) in [4.78, 5) is 4.53. The monoisotopic (exact) mass is 286 g/mol. The van der Waals surface area contributed by atoms with E-state index in [1.807, 2.05) is 24.4 Å². The van der Waals surface area contributed by atoms with Crippen LogP contribution in [0, 0.1) is 0 Å². The maximum atomic E-state index is 5.98. The van der Waals surface area contributed by atoms with Crippen LogP contribution in [0.15, 0.2) is 23.6 Å². The Morgan fingerprint density at radius 3 is 2.76 bits per heavy atom. The van der Waals surface area contributed by atoms with Crippen LogP contribution in [0.2, 0.25) is 10.0 Å². The first-order chi connectivity index (χ1) is 8.06. The van der Waals surface area contributed by atoms with E-state index in [0.29, 0.717) is 10.0 Å². The normalized spacial score (nSPS) is 12.7. The summed E-state index contributed by atoms with van der Waals surface area (Å²) in [5, 5.41) is 4.16. The van der Waals surface area contributed by atoms with Crippen molar-refractivity contribution < 1.29 is 0 Å². The summed E-state index contributed by atoms with van der Waals surface area (Å²) in [6.45, 7) is 1.97. The molecule has 0 amide bonds. The fourth-order valence-corrected chi connectivity index (χ4v) is 2.71. The molecule has 1 heterocycles. The second kappa shape index (κ2) is 5.36. The fraction of sp³-hybridized carbons (Fsp3) is 0.250. The summed E-state index contributed by atoms with van der Waals surface area (Å²) in [6, 6.07) is 5.65. The smallest absolute Gasteiger partial charge is 0.0947 e. The topological polar surface area (TPSA) is 38.9 Å². The molecule has 17 heavy (non-hydrogen) atoms. The molecular formula is C12H12Cl2N2S. The molecule has 0 saturated carbocycles. The van der Waals surface area contributed by atoms with Crippen LogP contribution in [0.3, 0.4) is 0 Å². The lowest BCUT2D eigenvalue weighted by Crippen LogP contribution is -2.17. The second-order valence-electron chi connectivity index (χ2n) is 3.94. The van der Waals surface area contributed by atoms with Gasteiger partial charge in [-0.3, -0.25) is 0 Å². The Hall–Kier alpha value is -0.610. The standard InChI is InChI=1S/C12H12Cl2N2S/c1-7(15)4-12-16-11(6-17-12)8-2-3-9(13)10(14)5-8/h2-3,5-7H,4,15H2,1H3. The first-order valence-electron chi connectivity index (χ1n) is 5.21. The zero-order valence-corrected chi connectivity index (χ0v) is 11.6. The van der Waals surface area contributed by atoms with Gasteiger partial charge in [0.05, 0.1) is 20.7 Å². The van der Waals surface area contributed by atoms with E-state index in [2.05, 4.69) is 4.98 Å². The van der Waals surface area contributed by atoms with Gasteiger partial charge in [0.1, 0.15) is 0 Å². The van der Waals surface area contributed by atoms with Crippen LogP contribution in [-0.4, -0.2) is 11.0 Å². The highest BCUT2D eigenvalue weighted by molar-refractivity contribution is 7.09. The number of benzene rings is 1. The third-order valence-corrected chi connectivity index (χ3v) is 3.87. The van der Waals surface area contributed by atoms with Crippen LogP contribution in [0.25, 0.3) is 11.3 Å². The Bertz CT molecular complexity index is 523. The molecular weight excluding hydrogens is 275 g/mol. The van der Waals surface area contributed by atoms with Gasteiger partial charge < -0.3 is 5.73 Å². The molecule has 2 rings (SSSR count). The summed E-state index contributed by atoms with van der Waals surface area (Å²) in [6.07, 6.45) is 0.798. The third kappa shape index (κ3) is 3.19. The van der Waals surface area contributed by atoms with Crippen molar-refractivity contribution in [2.75, 3.05) is 0 Å². The van der Waals surface area contributed by atoms with Gasteiger partial charge in [-0.15, -0.1) is 11.3 Å². The highest BCUT2D eigenvalue weighted by Gasteiger charge is 2.08. The van der Waals surface area contributed by atoms with Crippen molar-refractivity contribution in [2.24, 2.45) is 5.73 Å². The second-order valence-corrected chi connectivity index (χ2v) is 5.69. The van der Waals surface area contributed by atoms with E-state index in [1.165, 1.54) is 0 Å². The number of nitrogens with two attached hydrogens (primary N) is 1. The Kier molecular flexibility index (Phi) is 4.05. The quantitative estimate of drug-likeness (QED) is 0.926. The lowest BCUT2D eigenvalue weighted by molar-refractivity contribution is 0.734. The number of aromatic nitrogens is 1. The van der Waals surface area contributed by atoms with E-state index in [0.717, 1.165) is 22.7 Å². The third-order valence-electron chi connectivity index (χ3n) is 2.26. The van der Waals surface area contributed by atoms with Gasteiger partial charge in [0.15, 0.2) is 0 Å². The molecule has 0 fully saturated rings. The molecule has 2 aromatic rings.